The Morgan fingerprint density at radius 1 is 1.00 bits per heavy atom. The van der Waals surface area contributed by atoms with Crippen molar-refractivity contribution < 1.29 is 0 Å². The van der Waals surface area contributed by atoms with Gasteiger partial charge >= 0.3 is 0 Å². The maximum Gasteiger partial charge on any atom is 0.0456 e. The first kappa shape index (κ1) is 11.7. The van der Waals surface area contributed by atoms with E-state index < -0.39 is 0 Å². The molecule has 3 rings (SSSR count). The number of hydrogen-bond donors (Lipinski definition) is 3. The highest BCUT2D eigenvalue weighted by atomic mass is 14.9. The van der Waals surface area contributed by atoms with Crippen molar-refractivity contribution in [3.05, 3.63) is 60.3 Å². The first-order chi connectivity index (χ1) is 9.33. The number of para-hydroxylation sites is 1. The number of H-pyrrole nitrogens is 1. The van der Waals surface area contributed by atoms with Gasteiger partial charge in [0, 0.05) is 35.0 Å². The Morgan fingerprint density at radius 3 is 2.63 bits per heavy atom. The van der Waals surface area contributed by atoms with Crippen LogP contribution in [0.15, 0.2) is 54.7 Å². The summed E-state index contributed by atoms with van der Waals surface area (Å²) in [6.45, 7) is 0.908. The van der Waals surface area contributed by atoms with E-state index in [-0.39, 0.29) is 0 Å². The largest absolute Gasteiger partial charge is 0.399 e. The van der Waals surface area contributed by atoms with Gasteiger partial charge in [0.2, 0.25) is 0 Å². The average Bonchev–Trinajstić information content (AvgIpc) is 2.85. The number of benzene rings is 2. The van der Waals surface area contributed by atoms with Crippen LogP contribution >= 0.6 is 0 Å². The topological polar surface area (TPSA) is 53.8 Å². The zero-order chi connectivity index (χ0) is 13.1. The molecule has 19 heavy (non-hydrogen) atoms. The van der Waals surface area contributed by atoms with Crippen LogP contribution in [-0.4, -0.2) is 11.5 Å². The van der Waals surface area contributed by atoms with Gasteiger partial charge in [-0.2, -0.15) is 0 Å². The average molecular weight is 251 g/mol. The minimum Gasteiger partial charge on any atom is -0.399 e. The Hall–Kier alpha value is -2.42. The fraction of sp³-hybridized carbons (Fsp3) is 0.125. The maximum absolute atomic E-state index is 5.66. The predicted octanol–water partition coefficient (Wildman–Crippen LogP) is 3.40. The lowest BCUT2D eigenvalue weighted by molar-refractivity contribution is 1.03. The van der Waals surface area contributed by atoms with Gasteiger partial charge < -0.3 is 16.0 Å². The number of rotatable bonds is 4. The van der Waals surface area contributed by atoms with Crippen LogP contribution in [0.25, 0.3) is 10.9 Å². The van der Waals surface area contributed by atoms with Crippen molar-refractivity contribution in [2.24, 2.45) is 0 Å². The van der Waals surface area contributed by atoms with E-state index in [1.54, 1.807) is 0 Å². The Labute approximate surface area is 112 Å². The van der Waals surface area contributed by atoms with Crippen LogP contribution in [0.5, 0.6) is 0 Å². The Bertz CT molecular complexity index is 668. The first-order valence-electron chi connectivity index (χ1n) is 6.47. The normalized spacial score (nSPS) is 10.7. The second kappa shape index (κ2) is 5.06. The van der Waals surface area contributed by atoms with Gasteiger partial charge in [0.1, 0.15) is 0 Å². The van der Waals surface area contributed by atoms with Crippen molar-refractivity contribution in [2.75, 3.05) is 17.6 Å². The number of nitrogens with one attached hydrogen (secondary N) is 2. The summed E-state index contributed by atoms with van der Waals surface area (Å²) in [5.74, 6) is 0. The predicted molar refractivity (Wildman–Crippen MR) is 81.3 cm³/mol. The van der Waals surface area contributed by atoms with Crippen LogP contribution in [0.3, 0.4) is 0 Å². The molecule has 3 heteroatoms. The molecule has 0 radical (unpaired) electrons. The van der Waals surface area contributed by atoms with E-state index in [4.69, 9.17) is 5.73 Å². The third-order valence-corrected chi connectivity index (χ3v) is 3.31. The van der Waals surface area contributed by atoms with E-state index in [0.717, 1.165) is 24.3 Å². The molecule has 4 N–H and O–H groups in total. The quantitative estimate of drug-likeness (QED) is 0.622. The summed E-state index contributed by atoms with van der Waals surface area (Å²) in [5.41, 5.74) is 10.1. The Morgan fingerprint density at radius 2 is 1.79 bits per heavy atom. The molecule has 0 spiro atoms. The summed E-state index contributed by atoms with van der Waals surface area (Å²) in [6.07, 6.45) is 3.09. The molecule has 0 saturated heterocycles. The van der Waals surface area contributed by atoms with Crippen molar-refractivity contribution in [3.8, 4) is 0 Å². The van der Waals surface area contributed by atoms with Gasteiger partial charge in [0.05, 0.1) is 0 Å². The second-order valence-electron chi connectivity index (χ2n) is 4.66. The fourth-order valence-corrected chi connectivity index (χ4v) is 2.28. The van der Waals surface area contributed by atoms with Gasteiger partial charge in [0.15, 0.2) is 0 Å². The van der Waals surface area contributed by atoms with Crippen LogP contribution in [0.4, 0.5) is 11.4 Å². The number of aromatic nitrogens is 1. The molecule has 0 amide bonds. The minimum atomic E-state index is 0.794. The molecule has 0 saturated carbocycles. The van der Waals surface area contributed by atoms with E-state index in [0.29, 0.717) is 0 Å². The second-order valence-corrected chi connectivity index (χ2v) is 4.66. The van der Waals surface area contributed by atoms with Crippen molar-refractivity contribution in [3.63, 3.8) is 0 Å². The molecule has 1 heterocycles. The molecule has 0 aliphatic rings. The molecule has 0 aliphatic heterocycles. The van der Waals surface area contributed by atoms with E-state index in [9.17, 15) is 0 Å². The number of nitrogen functional groups attached to an aromatic ring is 1. The zero-order valence-electron chi connectivity index (χ0n) is 10.7. The molecule has 0 aliphatic carbocycles. The third-order valence-electron chi connectivity index (χ3n) is 3.31. The van der Waals surface area contributed by atoms with Crippen LogP contribution in [0.2, 0.25) is 0 Å². The lowest BCUT2D eigenvalue weighted by Gasteiger charge is -2.06. The van der Waals surface area contributed by atoms with Gasteiger partial charge in [0.25, 0.3) is 0 Å². The lowest BCUT2D eigenvalue weighted by Crippen LogP contribution is -2.04. The van der Waals surface area contributed by atoms with Crippen LogP contribution in [0.1, 0.15) is 5.56 Å². The van der Waals surface area contributed by atoms with Crippen molar-refractivity contribution in [1.29, 1.82) is 0 Å². The molecule has 0 unspecified atom stereocenters. The summed E-state index contributed by atoms with van der Waals surface area (Å²) >= 11 is 0. The van der Waals surface area contributed by atoms with Gasteiger partial charge in [-0.3, -0.25) is 0 Å². The molecule has 2 aromatic carbocycles. The van der Waals surface area contributed by atoms with Gasteiger partial charge in [-0.25, -0.2) is 0 Å². The molecular weight excluding hydrogens is 234 g/mol. The van der Waals surface area contributed by atoms with Crippen molar-refractivity contribution in [1.82, 2.24) is 4.98 Å². The van der Waals surface area contributed by atoms with E-state index >= 15 is 0 Å². The fourth-order valence-electron chi connectivity index (χ4n) is 2.28. The highest BCUT2D eigenvalue weighted by Gasteiger charge is 2.02. The lowest BCUT2D eigenvalue weighted by atomic mass is 10.1. The summed E-state index contributed by atoms with van der Waals surface area (Å²) in [5, 5.41) is 4.71. The number of anilines is 2. The highest BCUT2D eigenvalue weighted by molar-refractivity contribution is 5.83. The highest BCUT2D eigenvalue weighted by Crippen LogP contribution is 2.18. The van der Waals surface area contributed by atoms with E-state index in [1.807, 2.05) is 24.3 Å². The molecule has 0 bridgehead atoms. The summed E-state index contributed by atoms with van der Waals surface area (Å²) in [4.78, 5) is 3.30. The SMILES string of the molecule is Nc1ccc(NCCc2c[nH]c3ccccc23)cc1. The summed E-state index contributed by atoms with van der Waals surface area (Å²) in [6, 6.07) is 16.2. The van der Waals surface area contributed by atoms with Crippen LogP contribution in [0, 0.1) is 0 Å². The van der Waals surface area contributed by atoms with Gasteiger partial charge in [-0.1, -0.05) is 18.2 Å². The molecule has 3 aromatic rings. The van der Waals surface area contributed by atoms with Crippen LogP contribution in [-0.2, 0) is 6.42 Å². The standard InChI is InChI=1S/C16H17N3/c17-13-5-7-14(8-6-13)18-10-9-12-11-19-16-4-2-1-3-15(12)16/h1-8,11,18-19H,9-10,17H2. The number of hydrogen-bond acceptors (Lipinski definition) is 2. The minimum absolute atomic E-state index is 0.794. The number of fused-ring (bicyclic) bond motifs is 1. The number of nitrogens with two attached hydrogens (primary N) is 1. The number of aromatic amines is 1. The van der Waals surface area contributed by atoms with Crippen molar-refractivity contribution >= 4 is 22.3 Å². The van der Waals surface area contributed by atoms with E-state index in [2.05, 4.69) is 40.8 Å². The van der Waals surface area contributed by atoms with Crippen LogP contribution < -0.4 is 11.1 Å². The maximum atomic E-state index is 5.66. The summed E-state index contributed by atoms with van der Waals surface area (Å²) in [7, 11) is 0. The molecule has 1 aromatic heterocycles. The Balaban J connectivity index is 1.65. The molecule has 3 nitrogen and oxygen atoms in total. The van der Waals surface area contributed by atoms with Crippen molar-refractivity contribution in [2.45, 2.75) is 6.42 Å². The molecular formula is C16H17N3. The third kappa shape index (κ3) is 2.55. The van der Waals surface area contributed by atoms with E-state index in [1.165, 1.54) is 16.5 Å². The molecule has 0 atom stereocenters. The van der Waals surface area contributed by atoms with Gasteiger partial charge in [-0.05, 0) is 42.3 Å². The Kier molecular flexibility index (Phi) is 3.11. The van der Waals surface area contributed by atoms with Gasteiger partial charge in [-0.15, -0.1) is 0 Å². The first-order valence-corrected chi connectivity index (χ1v) is 6.47. The monoisotopic (exact) mass is 251 g/mol. The zero-order valence-corrected chi connectivity index (χ0v) is 10.7. The smallest absolute Gasteiger partial charge is 0.0456 e. The molecule has 96 valence electrons. The summed E-state index contributed by atoms with van der Waals surface area (Å²) < 4.78 is 0. The molecule has 0 fully saturated rings.